The van der Waals surface area contributed by atoms with Crippen molar-refractivity contribution in [2.45, 2.75) is 37.5 Å². The van der Waals surface area contributed by atoms with Crippen LogP contribution in [0.25, 0.3) is 0 Å². The van der Waals surface area contributed by atoms with Gasteiger partial charge in [-0.25, -0.2) is 13.1 Å². The van der Waals surface area contributed by atoms with Crippen LogP contribution in [0.2, 0.25) is 0 Å². The van der Waals surface area contributed by atoms with E-state index >= 15 is 0 Å². The Morgan fingerprint density at radius 2 is 1.72 bits per heavy atom. The molecule has 10 heteroatoms. The molecule has 2 rings (SSSR count). The minimum Gasteiger partial charge on any atom is -0.495 e. The van der Waals surface area contributed by atoms with Crippen molar-refractivity contribution in [3.8, 4) is 5.75 Å². The molecule has 0 saturated heterocycles. The van der Waals surface area contributed by atoms with Gasteiger partial charge in [0.2, 0.25) is 10.0 Å². The Hall–Kier alpha value is -2.59. The zero-order valence-corrected chi connectivity index (χ0v) is 16.8. The van der Waals surface area contributed by atoms with Crippen LogP contribution >= 0.6 is 0 Å². The molecule has 0 aromatic heterocycles. The summed E-state index contributed by atoms with van der Waals surface area (Å²) in [6, 6.07) is 7.97. The lowest BCUT2D eigenvalue weighted by atomic mass is 10.1. The normalized spacial score (nSPS) is 12.1. The van der Waals surface area contributed by atoms with Gasteiger partial charge in [-0.1, -0.05) is 12.1 Å². The van der Waals surface area contributed by atoms with Crippen molar-refractivity contribution in [1.29, 1.82) is 0 Å². The number of hydrogen-bond donors (Lipinski definition) is 2. The summed E-state index contributed by atoms with van der Waals surface area (Å²) in [7, 11) is -2.59. The number of alkyl halides is 3. The average Bonchev–Trinajstić information content (AvgIpc) is 2.64. The van der Waals surface area contributed by atoms with Gasteiger partial charge in [0, 0.05) is 18.2 Å². The van der Waals surface area contributed by atoms with Gasteiger partial charge in [0.15, 0.2) is 0 Å². The summed E-state index contributed by atoms with van der Waals surface area (Å²) in [6.45, 7) is 3.30. The van der Waals surface area contributed by atoms with Gasteiger partial charge in [-0.15, -0.1) is 0 Å². The topological polar surface area (TPSA) is 84.5 Å². The molecule has 0 heterocycles. The number of methoxy groups -OCH3 is 1. The molecule has 0 bridgehead atoms. The van der Waals surface area contributed by atoms with Crippen molar-refractivity contribution >= 4 is 15.9 Å². The third-order valence-electron chi connectivity index (χ3n) is 3.84. The second-order valence-electron chi connectivity index (χ2n) is 6.52. The number of amides is 1. The summed E-state index contributed by atoms with van der Waals surface area (Å²) in [5.41, 5.74) is -0.244. The van der Waals surface area contributed by atoms with Crippen LogP contribution in [0.5, 0.6) is 5.75 Å². The Balaban J connectivity index is 2.18. The fourth-order valence-electron chi connectivity index (χ4n) is 2.50. The van der Waals surface area contributed by atoms with Crippen molar-refractivity contribution in [2.24, 2.45) is 0 Å². The number of carbonyl (C=O) groups is 1. The van der Waals surface area contributed by atoms with Gasteiger partial charge in [0.25, 0.3) is 5.91 Å². The number of benzene rings is 2. The molecule has 29 heavy (non-hydrogen) atoms. The maximum absolute atomic E-state index is 12.6. The Bertz CT molecular complexity index is 972. The number of rotatable bonds is 7. The molecular weight excluding hydrogens is 409 g/mol. The fourth-order valence-corrected chi connectivity index (χ4v) is 3.94. The van der Waals surface area contributed by atoms with Gasteiger partial charge in [0.05, 0.1) is 12.7 Å². The van der Waals surface area contributed by atoms with Gasteiger partial charge >= 0.3 is 6.18 Å². The van der Waals surface area contributed by atoms with Crippen LogP contribution in [-0.2, 0) is 22.7 Å². The van der Waals surface area contributed by atoms with Crippen molar-refractivity contribution in [3.63, 3.8) is 0 Å². The largest absolute Gasteiger partial charge is 0.495 e. The first-order valence-corrected chi connectivity index (χ1v) is 10.1. The maximum atomic E-state index is 12.6. The summed E-state index contributed by atoms with van der Waals surface area (Å²) in [5.74, 6) is -0.494. The van der Waals surface area contributed by atoms with Gasteiger partial charge in [-0.3, -0.25) is 4.79 Å². The van der Waals surface area contributed by atoms with Gasteiger partial charge in [-0.2, -0.15) is 13.2 Å². The Labute approximate surface area is 167 Å². The van der Waals surface area contributed by atoms with Crippen LogP contribution in [0.15, 0.2) is 47.4 Å². The van der Waals surface area contributed by atoms with Crippen LogP contribution < -0.4 is 14.8 Å². The Kier molecular flexibility index (Phi) is 6.91. The monoisotopic (exact) mass is 430 g/mol. The number of carbonyl (C=O) groups excluding carboxylic acids is 1. The van der Waals surface area contributed by atoms with E-state index < -0.39 is 27.7 Å². The standard InChI is InChI=1S/C19H21F3N2O4S/c1-12(2)24-29(26,27)17-10-14(6-9-16(17)28-3)18(25)23-11-13-4-7-15(8-5-13)19(20,21)22/h4-10,12,24H,11H2,1-3H3,(H,23,25). The number of nitrogens with one attached hydrogen (secondary N) is 2. The van der Waals surface area contributed by atoms with Gasteiger partial charge in [-0.05, 0) is 49.7 Å². The quantitative estimate of drug-likeness (QED) is 0.706. The molecule has 0 spiro atoms. The zero-order valence-electron chi connectivity index (χ0n) is 16.0. The number of ether oxygens (including phenoxy) is 1. The van der Waals surface area contributed by atoms with Crippen molar-refractivity contribution < 1.29 is 31.1 Å². The van der Waals surface area contributed by atoms with E-state index in [1.165, 1.54) is 37.4 Å². The summed E-state index contributed by atoms with van der Waals surface area (Å²) in [4.78, 5) is 12.2. The fraction of sp³-hybridized carbons (Fsp3) is 0.316. The summed E-state index contributed by atoms with van der Waals surface area (Å²) in [5, 5.41) is 2.55. The molecule has 0 aliphatic heterocycles. The van der Waals surface area contributed by atoms with E-state index in [2.05, 4.69) is 10.0 Å². The third kappa shape index (κ3) is 5.94. The minimum atomic E-state index is -4.43. The molecule has 2 aromatic rings. The summed E-state index contributed by atoms with van der Waals surface area (Å²) < 4.78 is 70.2. The molecule has 0 atom stereocenters. The van der Waals surface area contributed by atoms with Crippen molar-refractivity contribution in [3.05, 3.63) is 59.2 Å². The maximum Gasteiger partial charge on any atom is 0.416 e. The molecule has 6 nitrogen and oxygen atoms in total. The van der Waals surface area contributed by atoms with E-state index in [-0.39, 0.29) is 28.8 Å². The second-order valence-corrected chi connectivity index (χ2v) is 8.20. The molecule has 0 aliphatic carbocycles. The van der Waals surface area contributed by atoms with E-state index in [1.54, 1.807) is 13.8 Å². The highest BCUT2D eigenvalue weighted by Gasteiger charge is 2.30. The molecule has 0 fully saturated rings. The second kappa shape index (κ2) is 8.83. The highest BCUT2D eigenvalue weighted by Crippen LogP contribution is 2.29. The zero-order chi connectivity index (χ0) is 21.8. The minimum absolute atomic E-state index is 0.0185. The van der Waals surface area contributed by atoms with E-state index in [0.29, 0.717) is 5.56 Å². The lowest BCUT2D eigenvalue weighted by Gasteiger charge is -2.14. The highest BCUT2D eigenvalue weighted by molar-refractivity contribution is 7.89. The van der Waals surface area contributed by atoms with E-state index in [4.69, 9.17) is 4.74 Å². The first-order chi connectivity index (χ1) is 13.4. The van der Waals surface area contributed by atoms with Gasteiger partial charge in [0.1, 0.15) is 10.6 Å². The van der Waals surface area contributed by atoms with Crippen LogP contribution in [0.4, 0.5) is 13.2 Å². The first-order valence-electron chi connectivity index (χ1n) is 8.58. The highest BCUT2D eigenvalue weighted by atomic mass is 32.2. The molecular formula is C19H21F3N2O4S. The first kappa shape index (κ1) is 22.7. The van der Waals surface area contributed by atoms with Crippen LogP contribution in [0.1, 0.15) is 35.3 Å². The predicted molar refractivity (Wildman–Crippen MR) is 101 cm³/mol. The molecule has 0 saturated carbocycles. The van der Waals surface area contributed by atoms with Gasteiger partial charge < -0.3 is 10.1 Å². The van der Waals surface area contributed by atoms with E-state index in [9.17, 15) is 26.4 Å². The van der Waals surface area contributed by atoms with Crippen LogP contribution in [-0.4, -0.2) is 27.5 Å². The van der Waals surface area contributed by atoms with E-state index in [0.717, 1.165) is 12.1 Å². The number of halogens is 3. The van der Waals surface area contributed by atoms with Crippen molar-refractivity contribution in [2.75, 3.05) is 7.11 Å². The van der Waals surface area contributed by atoms with Crippen molar-refractivity contribution in [1.82, 2.24) is 10.0 Å². The van der Waals surface area contributed by atoms with E-state index in [1.807, 2.05) is 0 Å². The lowest BCUT2D eigenvalue weighted by Crippen LogP contribution is -2.31. The summed E-state index contributed by atoms with van der Waals surface area (Å²) in [6.07, 6.45) is -4.43. The molecule has 2 N–H and O–H groups in total. The molecule has 1 amide bonds. The molecule has 0 aliphatic rings. The van der Waals surface area contributed by atoms with Crippen LogP contribution in [0, 0.1) is 0 Å². The third-order valence-corrected chi connectivity index (χ3v) is 5.52. The molecule has 2 aromatic carbocycles. The lowest BCUT2D eigenvalue weighted by molar-refractivity contribution is -0.137. The smallest absolute Gasteiger partial charge is 0.416 e. The molecule has 158 valence electrons. The summed E-state index contributed by atoms with van der Waals surface area (Å²) >= 11 is 0. The predicted octanol–water partition coefficient (Wildman–Crippen LogP) is 3.33. The van der Waals surface area contributed by atoms with Crippen LogP contribution in [0.3, 0.4) is 0 Å². The SMILES string of the molecule is COc1ccc(C(=O)NCc2ccc(C(F)(F)F)cc2)cc1S(=O)(=O)NC(C)C. The average molecular weight is 430 g/mol. The molecule has 0 unspecified atom stereocenters. The molecule has 0 radical (unpaired) electrons. The Morgan fingerprint density at radius 1 is 1.10 bits per heavy atom. The number of sulfonamides is 1. The Morgan fingerprint density at radius 3 is 2.24 bits per heavy atom. The number of hydrogen-bond acceptors (Lipinski definition) is 4.